The van der Waals surface area contributed by atoms with E-state index in [4.69, 9.17) is 0 Å². The Morgan fingerprint density at radius 2 is 1.72 bits per heavy atom. The fraction of sp³-hybridized carbons (Fsp3) is 0.0952. The smallest absolute Gasteiger partial charge is 0.272 e. The molecule has 2 aromatic carbocycles. The molecular weight excluding hydrogens is 374 g/mol. The second-order valence-corrected chi connectivity index (χ2v) is 7.03. The minimum atomic E-state index is 0.0444. The van der Waals surface area contributed by atoms with E-state index in [-0.39, 0.29) is 6.04 Å². The van der Waals surface area contributed by atoms with Gasteiger partial charge in [0.25, 0.3) is 5.82 Å². The number of para-hydroxylation sites is 1. The molecule has 0 saturated heterocycles. The zero-order valence-electron chi connectivity index (χ0n) is 13.9. The number of pyridine rings is 1. The molecule has 2 aromatic heterocycles. The van der Waals surface area contributed by atoms with Crippen LogP contribution in [0.25, 0.3) is 10.9 Å². The Labute approximate surface area is 155 Å². The van der Waals surface area contributed by atoms with Crippen LogP contribution in [0, 0.1) is 6.92 Å². The van der Waals surface area contributed by atoms with Crippen LogP contribution in [0.1, 0.15) is 22.9 Å². The molecule has 2 heterocycles. The Morgan fingerprint density at radius 1 is 0.960 bits per heavy atom. The molecular formula is C21H19BrN3+. The van der Waals surface area contributed by atoms with Gasteiger partial charge in [0.15, 0.2) is 0 Å². The van der Waals surface area contributed by atoms with E-state index in [1.165, 1.54) is 22.2 Å². The number of halogens is 1. The molecule has 0 saturated carbocycles. The van der Waals surface area contributed by atoms with Gasteiger partial charge in [-0.2, -0.15) is 0 Å². The van der Waals surface area contributed by atoms with E-state index in [0.717, 1.165) is 15.8 Å². The van der Waals surface area contributed by atoms with Crippen LogP contribution in [0.5, 0.6) is 0 Å². The molecule has 4 heteroatoms. The first kappa shape index (κ1) is 15.9. The van der Waals surface area contributed by atoms with Crippen molar-refractivity contribution in [3.8, 4) is 0 Å². The monoisotopic (exact) mass is 392 g/mol. The largest absolute Gasteiger partial charge is 0.358 e. The minimum Gasteiger partial charge on any atom is -0.358 e. The second-order valence-electron chi connectivity index (χ2n) is 6.11. The summed E-state index contributed by atoms with van der Waals surface area (Å²) in [5.41, 5.74) is 4.83. The SMILES string of the molecule is Cc1[nH]c2ccccc2c1C(Nc1cccc[nH+]1)c1ccc(Br)cc1. The van der Waals surface area contributed by atoms with E-state index < -0.39 is 0 Å². The van der Waals surface area contributed by atoms with Gasteiger partial charge in [0, 0.05) is 38.3 Å². The first-order chi connectivity index (χ1) is 12.2. The quantitative estimate of drug-likeness (QED) is 0.488. The van der Waals surface area contributed by atoms with E-state index >= 15 is 0 Å². The number of aromatic amines is 2. The lowest BCUT2D eigenvalue weighted by Gasteiger charge is -2.16. The van der Waals surface area contributed by atoms with E-state index in [0.29, 0.717) is 0 Å². The van der Waals surface area contributed by atoms with Crippen LogP contribution in [0.15, 0.2) is 77.4 Å². The molecule has 0 aliphatic heterocycles. The predicted molar refractivity (Wildman–Crippen MR) is 106 cm³/mol. The summed E-state index contributed by atoms with van der Waals surface area (Å²) in [4.78, 5) is 6.79. The van der Waals surface area contributed by atoms with Crippen molar-refractivity contribution < 1.29 is 4.98 Å². The maximum absolute atomic E-state index is 3.66. The van der Waals surface area contributed by atoms with Gasteiger partial charge in [0.05, 0.1) is 6.20 Å². The molecule has 1 atom stereocenters. The third-order valence-electron chi connectivity index (χ3n) is 4.44. The number of aromatic nitrogens is 2. The lowest BCUT2D eigenvalue weighted by Crippen LogP contribution is -2.19. The van der Waals surface area contributed by atoms with Gasteiger partial charge in [-0.15, -0.1) is 0 Å². The summed E-state index contributed by atoms with van der Waals surface area (Å²) >= 11 is 3.53. The molecule has 0 amide bonds. The van der Waals surface area contributed by atoms with Gasteiger partial charge in [0.2, 0.25) is 0 Å². The first-order valence-corrected chi connectivity index (χ1v) is 9.07. The van der Waals surface area contributed by atoms with E-state index in [1.54, 1.807) is 0 Å². The Kier molecular flexibility index (Phi) is 4.28. The summed E-state index contributed by atoms with van der Waals surface area (Å²) in [6.07, 6.45) is 1.93. The number of benzene rings is 2. The summed E-state index contributed by atoms with van der Waals surface area (Å²) in [6.45, 7) is 2.14. The molecule has 3 N–H and O–H groups in total. The Bertz CT molecular complexity index is 991. The van der Waals surface area contributed by atoms with Crippen molar-refractivity contribution in [3.63, 3.8) is 0 Å². The first-order valence-electron chi connectivity index (χ1n) is 8.28. The summed E-state index contributed by atoms with van der Waals surface area (Å²) in [6, 6.07) is 23.1. The highest BCUT2D eigenvalue weighted by atomic mass is 79.9. The fourth-order valence-corrected chi connectivity index (χ4v) is 3.55. The standard InChI is InChI=1S/C21H18BrN3/c1-14-20(17-6-2-3-7-18(17)24-14)21(15-9-11-16(22)12-10-15)25-19-8-4-5-13-23-19/h2-13,21,24H,1H3,(H,23,25)/p+1. The molecule has 0 radical (unpaired) electrons. The predicted octanol–water partition coefficient (Wildman–Crippen LogP) is 5.25. The molecule has 25 heavy (non-hydrogen) atoms. The third-order valence-corrected chi connectivity index (χ3v) is 4.97. The maximum atomic E-state index is 3.66. The summed E-state index contributed by atoms with van der Waals surface area (Å²) in [5.74, 6) is 0.986. The highest BCUT2D eigenvalue weighted by Crippen LogP contribution is 2.34. The van der Waals surface area contributed by atoms with E-state index in [9.17, 15) is 0 Å². The topological polar surface area (TPSA) is 42.0 Å². The van der Waals surface area contributed by atoms with Crippen LogP contribution in [-0.4, -0.2) is 4.98 Å². The van der Waals surface area contributed by atoms with Gasteiger partial charge < -0.3 is 4.98 Å². The second kappa shape index (κ2) is 6.73. The van der Waals surface area contributed by atoms with E-state index in [1.807, 2.05) is 18.3 Å². The van der Waals surface area contributed by atoms with Crippen LogP contribution in [0.3, 0.4) is 0 Å². The number of nitrogens with one attached hydrogen (secondary N) is 3. The molecule has 0 aliphatic carbocycles. The van der Waals surface area contributed by atoms with Crippen LogP contribution >= 0.6 is 15.9 Å². The number of anilines is 1. The Balaban J connectivity index is 1.87. The number of fused-ring (bicyclic) bond motifs is 1. The average molecular weight is 393 g/mol. The van der Waals surface area contributed by atoms with Crippen molar-refractivity contribution in [2.24, 2.45) is 0 Å². The van der Waals surface area contributed by atoms with Gasteiger partial charge >= 0.3 is 0 Å². The van der Waals surface area contributed by atoms with Crippen molar-refractivity contribution in [1.29, 1.82) is 0 Å². The normalized spacial score (nSPS) is 12.2. The van der Waals surface area contributed by atoms with Crippen LogP contribution in [0.4, 0.5) is 5.82 Å². The van der Waals surface area contributed by atoms with Gasteiger partial charge in [-0.05, 0) is 31.2 Å². The van der Waals surface area contributed by atoms with Gasteiger partial charge in [-0.1, -0.05) is 52.3 Å². The lowest BCUT2D eigenvalue weighted by molar-refractivity contribution is -0.361. The highest BCUT2D eigenvalue weighted by molar-refractivity contribution is 9.10. The number of aryl methyl sites for hydroxylation is 1. The van der Waals surface area contributed by atoms with Gasteiger partial charge in [0.1, 0.15) is 6.04 Å². The summed E-state index contributed by atoms with van der Waals surface area (Å²) < 4.78 is 1.08. The molecule has 0 bridgehead atoms. The van der Waals surface area contributed by atoms with Crippen molar-refractivity contribution in [2.75, 3.05) is 5.32 Å². The molecule has 0 fully saturated rings. The third kappa shape index (κ3) is 3.17. The van der Waals surface area contributed by atoms with Crippen molar-refractivity contribution in [2.45, 2.75) is 13.0 Å². The van der Waals surface area contributed by atoms with Crippen LogP contribution in [-0.2, 0) is 0 Å². The zero-order valence-corrected chi connectivity index (χ0v) is 15.5. The number of hydrogen-bond acceptors (Lipinski definition) is 1. The van der Waals surface area contributed by atoms with Gasteiger partial charge in [-0.25, -0.2) is 4.98 Å². The molecule has 1 unspecified atom stereocenters. The Hall–Kier alpha value is -2.59. The minimum absolute atomic E-state index is 0.0444. The lowest BCUT2D eigenvalue weighted by atomic mass is 9.96. The van der Waals surface area contributed by atoms with Crippen LogP contribution < -0.4 is 10.3 Å². The molecule has 0 spiro atoms. The van der Waals surface area contributed by atoms with Crippen LogP contribution in [0.2, 0.25) is 0 Å². The zero-order chi connectivity index (χ0) is 17.2. The molecule has 4 aromatic rings. The average Bonchev–Trinajstić information content (AvgIpc) is 2.97. The van der Waals surface area contributed by atoms with Crippen molar-refractivity contribution in [3.05, 3.63) is 94.2 Å². The van der Waals surface area contributed by atoms with Crippen molar-refractivity contribution >= 4 is 32.7 Å². The molecule has 3 nitrogen and oxygen atoms in total. The fourth-order valence-electron chi connectivity index (χ4n) is 3.29. The number of H-pyrrole nitrogens is 2. The van der Waals surface area contributed by atoms with E-state index in [2.05, 4.69) is 92.7 Å². The molecule has 0 aliphatic rings. The number of rotatable bonds is 4. The van der Waals surface area contributed by atoms with Gasteiger partial charge in [-0.3, -0.25) is 5.32 Å². The number of hydrogen-bond donors (Lipinski definition) is 2. The highest BCUT2D eigenvalue weighted by Gasteiger charge is 2.24. The molecule has 124 valence electrons. The summed E-state index contributed by atoms with van der Waals surface area (Å²) in [5, 5.41) is 4.91. The maximum Gasteiger partial charge on any atom is 0.272 e. The summed E-state index contributed by atoms with van der Waals surface area (Å²) in [7, 11) is 0. The van der Waals surface area contributed by atoms with Crippen molar-refractivity contribution in [1.82, 2.24) is 4.98 Å². The Morgan fingerprint density at radius 3 is 2.48 bits per heavy atom. The molecule has 4 rings (SSSR count).